The normalized spacial score (nSPS) is 13.1. The Morgan fingerprint density at radius 1 is 0.917 bits per heavy atom. The maximum Gasteiger partial charge on any atom is 0.332 e. The van der Waals surface area contributed by atoms with E-state index in [1.54, 1.807) is 55.6 Å². The molecule has 1 saturated heterocycles. The minimum atomic E-state index is -0.518. The van der Waals surface area contributed by atoms with Gasteiger partial charge >= 0.3 is 12.1 Å². The molecule has 0 unspecified atom stereocenters. The molecular weight excluding hydrogens is 462 g/mol. The Bertz CT molecular complexity index is 1410. The number of methoxy groups -OCH3 is 2. The molecule has 10 nitrogen and oxygen atoms in total. The molecule has 0 radical (unpaired) electrons. The number of nitrogens with zero attached hydrogens (tertiary/aromatic N) is 4. The Hall–Kier alpha value is -4.86. The molecule has 1 N–H and O–H groups in total. The Balaban J connectivity index is 1.27. The van der Waals surface area contributed by atoms with Crippen molar-refractivity contribution in [2.75, 3.05) is 37.5 Å². The molecule has 1 aliphatic rings. The van der Waals surface area contributed by atoms with E-state index in [1.807, 2.05) is 30.3 Å². The van der Waals surface area contributed by atoms with Crippen LogP contribution in [-0.2, 0) is 0 Å². The van der Waals surface area contributed by atoms with E-state index < -0.39 is 6.03 Å². The van der Waals surface area contributed by atoms with E-state index >= 15 is 0 Å². The van der Waals surface area contributed by atoms with E-state index in [0.717, 1.165) is 11.1 Å². The Morgan fingerprint density at radius 3 is 2.42 bits per heavy atom. The largest absolute Gasteiger partial charge is 0.493 e. The number of pyridine rings is 2. The first-order valence-electron chi connectivity index (χ1n) is 11.2. The van der Waals surface area contributed by atoms with Crippen LogP contribution in [0.15, 0.2) is 73.1 Å². The molecule has 10 heteroatoms. The summed E-state index contributed by atoms with van der Waals surface area (Å²) in [7, 11) is 3.12. The second-order valence-corrected chi connectivity index (χ2v) is 7.87. The number of ether oxygens (including phenoxy) is 3. The highest BCUT2D eigenvalue weighted by Crippen LogP contribution is 2.36. The lowest BCUT2D eigenvalue weighted by atomic mass is 10.2. The number of fused-ring (bicyclic) bond motifs is 1. The third kappa shape index (κ3) is 4.43. The summed E-state index contributed by atoms with van der Waals surface area (Å²) in [6.45, 7) is 0.718. The van der Waals surface area contributed by atoms with E-state index in [0.29, 0.717) is 40.9 Å². The second kappa shape index (κ2) is 9.79. The van der Waals surface area contributed by atoms with Gasteiger partial charge in [-0.2, -0.15) is 0 Å². The molecule has 4 amide bonds. The van der Waals surface area contributed by atoms with Crippen LogP contribution in [-0.4, -0.2) is 54.2 Å². The number of rotatable bonds is 6. The number of amides is 4. The number of imide groups is 1. The highest BCUT2D eigenvalue weighted by atomic mass is 16.5. The van der Waals surface area contributed by atoms with Crippen molar-refractivity contribution >= 4 is 34.3 Å². The topological polar surface area (TPSA) is 106 Å². The van der Waals surface area contributed by atoms with Crippen LogP contribution in [0.1, 0.15) is 0 Å². The molecule has 36 heavy (non-hydrogen) atoms. The molecule has 2 aromatic carbocycles. The van der Waals surface area contributed by atoms with Crippen LogP contribution < -0.4 is 24.4 Å². The maximum atomic E-state index is 12.7. The van der Waals surface area contributed by atoms with E-state index in [2.05, 4.69) is 15.3 Å². The number of anilines is 2. The summed E-state index contributed by atoms with van der Waals surface area (Å²) in [4.78, 5) is 36.8. The predicted octanol–water partition coefficient (Wildman–Crippen LogP) is 4.91. The van der Waals surface area contributed by atoms with Crippen molar-refractivity contribution in [1.82, 2.24) is 14.9 Å². The smallest absolute Gasteiger partial charge is 0.332 e. The molecule has 2 aromatic heterocycles. The molecule has 5 rings (SSSR count). The molecule has 4 aromatic rings. The highest BCUT2D eigenvalue weighted by molar-refractivity contribution is 6.08. The van der Waals surface area contributed by atoms with Gasteiger partial charge in [0.05, 0.1) is 38.2 Å². The van der Waals surface area contributed by atoms with Crippen molar-refractivity contribution in [2.24, 2.45) is 0 Å². The minimum Gasteiger partial charge on any atom is -0.493 e. The molecular formula is C26H23N5O5. The summed E-state index contributed by atoms with van der Waals surface area (Å²) in [5, 5.41) is 3.44. The van der Waals surface area contributed by atoms with Crippen LogP contribution in [0, 0.1) is 0 Å². The van der Waals surface area contributed by atoms with Gasteiger partial charge in [-0.05, 0) is 30.3 Å². The molecule has 1 fully saturated rings. The number of carbonyl (C=O) groups is 2. The second-order valence-electron chi connectivity index (χ2n) is 7.87. The molecule has 0 aliphatic carbocycles. The van der Waals surface area contributed by atoms with Gasteiger partial charge in [0.25, 0.3) is 0 Å². The van der Waals surface area contributed by atoms with Crippen LogP contribution in [0.25, 0.3) is 10.9 Å². The third-order valence-electron chi connectivity index (χ3n) is 5.73. The molecule has 1 aliphatic heterocycles. The quantitative estimate of drug-likeness (QED) is 0.413. The van der Waals surface area contributed by atoms with Crippen LogP contribution in [0.4, 0.5) is 21.0 Å². The Morgan fingerprint density at radius 2 is 1.69 bits per heavy atom. The van der Waals surface area contributed by atoms with Crippen molar-refractivity contribution < 1.29 is 23.8 Å². The Labute approximate surface area is 207 Å². The van der Waals surface area contributed by atoms with Gasteiger partial charge in [0.15, 0.2) is 11.5 Å². The van der Waals surface area contributed by atoms with Crippen LogP contribution in [0.3, 0.4) is 0 Å². The predicted molar refractivity (Wildman–Crippen MR) is 134 cm³/mol. The monoisotopic (exact) mass is 485 g/mol. The minimum absolute atomic E-state index is 0.289. The molecule has 3 heterocycles. The molecule has 0 bridgehead atoms. The van der Waals surface area contributed by atoms with Crippen molar-refractivity contribution in [2.45, 2.75) is 0 Å². The van der Waals surface area contributed by atoms with Gasteiger partial charge in [-0.25, -0.2) is 19.5 Å². The number of aromatic nitrogens is 2. The zero-order valence-corrected chi connectivity index (χ0v) is 19.7. The SMILES string of the molecule is COc1cc2nccc(Oc3ccc(NC(=O)N4CCN(c5ccccc5)C4=O)cn3)c2cc1OC. The summed E-state index contributed by atoms with van der Waals surface area (Å²) in [6.07, 6.45) is 3.10. The number of benzene rings is 2. The number of hydrogen-bond acceptors (Lipinski definition) is 7. The molecule has 0 spiro atoms. The average Bonchev–Trinajstić information content (AvgIpc) is 3.31. The summed E-state index contributed by atoms with van der Waals surface area (Å²) >= 11 is 0. The summed E-state index contributed by atoms with van der Waals surface area (Å²) < 4.78 is 16.7. The van der Waals surface area contributed by atoms with Crippen molar-refractivity contribution in [1.29, 1.82) is 0 Å². The summed E-state index contributed by atoms with van der Waals surface area (Å²) in [5.74, 6) is 1.98. The standard InChI is InChI=1S/C26H23N5O5/c1-34-22-14-19-20(15-23(22)35-2)27-11-10-21(19)36-24-9-8-17(16-28-24)29-25(32)31-13-12-30(26(31)33)18-6-4-3-5-7-18/h3-11,14-16H,12-13H2,1-2H3,(H,29,32). The van der Waals surface area contributed by atoms with Crippen LogP contribution in [0.5, 0.6) is 23.1 Å². The number of carbonyl (C=O) groups excluding carboxylic acids is 2. The van der Waals surface area contributed by atoms with Gasteiger partial charge in [0.1, 0.15) is 5.75 Å². The van der Waals surface area contributed by atoms with Gasteiger partial charge in [-0.1, -0.05) is 18.2 Å². The molecule has 0 atom stereocenters. The summed E-state index contributed by atoms with van der Waals surface area (Å²) in [6, 6.07) is 16.9. The van der Waals surface area contributed by atoms with Gasteiger partial charge in [-0.3, -0.25) is 9.88 Å². The van der Waals surface area contributed by atoms with Crippen molar-refractivity contribution in [3.05, 3.63) is 73.1 Å². The molecule has 182 valence electrons. The summed E-state index contributed by atoms with van der Waals surface area (Å²) in [5.41, 5.74) is 1.86. The van der Waals surface area contributed by atoms with Gasteiger partial charge in [0.2, 0.25) is 5.88 Å². The third-order valence-corrected chi connectivity index (χ3v) is 5.73. The zero-order chi connectivity index (χ0) is 25.1. The van der Waals surface area contributed by atoms with Gasteiger partial charge in [0, 0.05) is 35.9 Å². The lowest BCUT2D eigenvalue weighted by Gasteiger charge is -2.18. The molecule has 0 saturated carbocycles. The van der Waals surface area contributed by atoms with E-state index in [1.165, 1.54) is 11.1 Å². The number of urea groups is 2. The fourth-order valence-corrected chi connectivity index (χ4v) is 3.93. The van der Waals surface area contributed by atoms with Crippen LogP contribution >= 0.6 is 0 Å². The van der Waals surface area contributed by atoms with E-state index in [9.17, 15) is 9.59 Å². The lowest BCUT2D eigenvalue weighted by molar-refractivity contribution is 0.209. The van der Waals surface area contributed by atoms with Crippen molar-refractivity contribution in [3.63, 3.8) is 0 Å². The first-order valence-corrected chi connectivity index (χ1v) is 11.2. The zero-order valence-electron chi connectivity index (χ0n) is 19.7. The van der Waals surface area contributed by atoms with Gasteiger partial charge < -0.3 is 19.5 Å². The number of nitrogens with one attached hydrogen (secondary N) is 1. The van der Waals surface area contributed by atoms with E-state index in [-0.39, 0.29) is 12.6 Å². The number of hydrogen-bond donors (Lipinski definition) is 1. The lowest BCUT2D eigenvalue weighted by Crippen LogP contribution is -2.39. The van der Waals surface area contributed by atoms with Crippen LogP contribution in [0.2, 0.25) is 0 Å². The maximum absolute atomic E-state index is 12.7. The highest BCUT2D eigenvalue weighted by Gasteiger charge is 2.34. The fraction of sp³-hybridized carbons (Fsp3) is 0.154. The number of para-hydroxylation sites is 1. The first-order chi connectivity index (χ1) is 17.6. The first kappa shape index (κ1) is 22.9. The van der Waals surface area contributed by atoms with E-state index in [4.69, 9.17) is 14.2 Å². The fourth-order valence-electron chi connectivity index (χ4n) is 3.93. The van der Waals surface area contributed by atoms with Gasteiger partial charge in [-0.15, -0.1) is 0 Å². The average molecular weight is 486 g/mol. The van der Waals surface area contributed by atoms with Crippen molar-refractivity contribution in [3.8, 4) is 23.1 Å². The Kier molecular flexibility index (Phi) is 6.23.